The number of anilines is 3. The molecule has 0 aliphatic heterocycles. The average molecular weight is 728 g/mol. The number of carbonyl (C=O) groups excluding carboxylic acids is 2. The fourth-order valence-electron chi connectivity index (χ4n) is 3.79. The van der Waals surface area contributed by atoms with E-state index in [1.54, 1.807) is 7.05 Å². The summed E-state index contributed by atoms with van der Waals surface area (Å²) in [4.78, 5) is 25.3. The van der Waals surface area contributed by atoms with Crippen LogP contribution in [0.2, 0.25) is 0 Å². The Hall–Kier alpha value is -4.03. The maximum Gasteiger partial charge on any atom is 0.458 e. The van der Waals surface area contributed by atoms with Crippen LogP contribution in [0.4, 0.5) is 74.1 Å². The number of rotatable bonds is 7. The number of nitrogens with one attached hydrogen (secondary N) is 3. The van der Waals surface area contributed by atoms with Crippen molar-refractivity contribution in [2.45, 2.75) is 30.1 Å². The minimum absolute atomic E-state index is 0.00653. The van der Waals surface area contributed by atoms with Crippen LogP contribution in [0.1, 0.15) is 31.8 Å². The van der Waals surface area contributed by atoms with Crippen molar-refractivity contribution in [3.8, 4) is 0 Å². The van der Waals surface area contributed by atoms with E-state index in [1.807, 2.05) is 0 Å². The van der Waals surface area contributed by atoms with Crippen molar-refractivity contribution >= 4 is 44.8 Å². The van der Waals surface area contributed by atoms with E-state index in [0.29, 0.717) is 11.8 Å². The van der Waals surface area contributed by atoms with Gasteiger partial charge in [0.25, 0.3) is 11.8 Å². The molecule has 3 aromatic rings. The van der Waals surface area contributed by atoms with E-state index >= 15 is 4.39 Å². The van der Waals surface area contributed by atoms with Crippen LogP contribution in [-0.2, 0) is 11.6 Å². The smallest absolute Gasteiger partial charge is 0.388 e. The Kier molecular flexibility index (Phi) is 9.49. The SMILES string of the molecule is CNc1ccc(C(=O)Nc2cccc(C(=O)Nc3c(Br)cc(C(F)(C(F)(F)F)C(F)(F)F)cc3C(F)(F)C(F)(F)F)c2F)cc1. The molecule has 3 aromatic carbocycles. The average Bonchev–Trinajstić information content (AvgIpc) is 2.92. The van der Waals surface area contributed by atoms with Gasteiger partial charge in [-0.1, -0.05) is 6.07 Å². The number of benzene rings is 3. The molecule has 19 heteroatoms. The zero-order valence-electron chi connectivity index (χ0n) is 21.8. The van der Waals surface area contributed by atoms with Gasteiger partial charge in [0.05, 0.1) is 22.5 Å². The highest BCUT2D eigenvalue weighted by Gasteiger charge is 2.74. The molecule has 0 unspecified atom stereocenters. The van der Waals surface area contributed by atoms with Gasteiger partial charge in [-0.2, -0.15) is 48.3 Å². The first-order valence-electron chi connectivity index (χ1n) is 11.8. The highest BCUT2D eigenvalue weighted by atomic mass is 79.9. The molecule has 0 aliphatic carbocycles. The summed E-state index contributed by atoms with van der Waals surface area (Å²) in [6.45, 7) is 0. The third kappa shape index (κ3) is 6.67. The van der Waals surface area contributed by atoms with Crippen LogP contribution < -0.4 is 16.0 Å². The predicted molar refractivity (Wildman–Crippen MR) is 137 cm³/mol. The van der Waals surface area contributed by atoms with Crippen molar-refractivity contribution in [1.82, 2.24) is 0 Å². The quantitative estimate of drug-likeness (QED) is 0.213. The molecule has 0 atom stereocenters. The van der Waals surface area contributed by atoms with Crippen molar-refractivity contribution in [3.63, 3.8) is 0 Å². The summed E-state index contributed by atoms with van der Waals surface area (Å²) in [5.41, 5.74) is -14.9. The first kappa shape index (κ1) is 35.4. The number of hydrogen-bond acceptors (Lipinski definition) is 3. The van der Waals surface area contributed by atoms with Gasteiger partial charge < -0.3 is 16.0 Å². The molecular weight excluding hydrogens is 713 g/mol. The van der Waals surface area contributed by atoms with Crippen LogP contribution in [0, 0.1) is 5.82 Å². The summed E-state index contributed by atoms with van der Waals surface area (Å²) in [6.07, 6.45) is -20.5. The second kappa shape index (κ2) is 12.1. The minimum atomic E-state index is -6.90. The second-order valence-corrected chi connectivity index (χ2v) is 9.86. The Morgan fingerprint density at radius 2 is 1.27 bits per heavy atom. The number of amides is 2. The van der Waals surface area contributed by atoms with E-state index < -0.39 is 92.4 Å². The van der Waals surface area contributed by atoms with Crippen LogP contribution in [-0.4, -0.2) is 37.4 Å². The standard InChI is InChI=1S/C26H15BrF13N3O2/c1-41-13-7-5-11(6-8-13)20(44)42-17-4-2-3-14(18(17)28)21(45)43-19-15(23(30,31)26(38,39)40)9-12(10-16(19)27)22(29,24(32,33)34)25(35,36)37/h2-10,41H,1H3,(H,42,44)(H,43,45). The van der Waals surface area contributed by atoms with Gasteiger partial charge in [0, 0.05) is 28.3 Å². The van der Waals surface area contributed by atoms with E-state index in [9.17, 15) is 62.3 Å². The van der Waals surface area contributed by atoms with E-state index in [-0.39, 0.29) is 5.56 Å². The largest absolute Gasteiger partial charge is 0.458 e. The molecule has 45 heavy (non-hydrogen) atoms. The van der Waals surface area contributed by atoms with Crippen LogP contribution >= 0.6 is 15.9 Å². The van der Waals surface area contributed by atoms with E-state index in [0.717, 1.165) is 12.1 Å². The highest BCUT2D eigenvalue weighted by Crippen LogP contribution is 2.56. The summed E-state index contributed by atoms with van der Waals surface area (Å²) in [6, 6.07) is 6.64. The maximum atomic E-state index is 15.2. The molecule has 244 valence electrons. The summed E-state index contributed by atoms with van der Waals surface area (Å²) in [7, 11) is 1.58. The fourth-order valence-corrected chi connectivity index (χ4v) is 4.35. The lowest BCUT2D eigenvalue weighted by Gasteiger charge is -2.32. The Labute approximate surface area is 251 Å². The van der Waals surface area contributed by atoms with Gasteiger partial charge in [0.15, 0.2) is 5.82 Å². The van der Waals surface area contributed by atoms with Crippen LogP contribution in [0.25, 0.3) is 0 Å². The number of hydrogen-bond donors (Lipinski definition) is 3. The molecule has 3 rings (SSSR count). The Morgan fingerprint density at radius 1 is 0.711 bits per heavy atom. The Morgan fingerprint density at radius 3 is 1.76 bits per heavy atom. The Balaban J connectivity index is 2.11. The van der Waals surface area contributed by atoms with Gasteiger partial charge in [-0.05, 0) is 64.5 Å². The fraction of sp³-hybridized carbons (Fsp3) is 0.231. The molecule has 0 heterocycles. The molecule has 0 fully saturated rings. The third-order valence-corrected chi connectivity index (χ3v) is 6.75. The van der Waals surface area contributed by atoms with Gasteiger partial charge in [-0.25, -0.2) is 8.78 Å². The summed E-state index contributed by atoms with van der Waals surface area (Å²) >= 11 is 2.21. The van der Waals surface area contributed by atoms with Crippen molar-refractivity contribution in [1.29, 1.82) is 0 Å². The zero-order valence-corrected chi connectivity index (χ0v) is 23.4. The first-order chi connectivity index (χ1) is 20.5. The summed E-state index contributed by atoms with van der Waals surface area (Å²) in [5.74, 6) is -10.6. The van der Waals surface area contributed by atoms with Gasteiger partial charge in [-0.3, -0.25) is 9.59 Å². The molecule has 0 saturated carbocycles. The molecule has 5 nitrogen and oxygen atoms in total. The van der Waals surface area contributed by atoms with Crippen molar-refractivity contribution < 1.29 is 66.7 Å². The van der Waals surface area contributed by atoms with E-state index in [4.69, 9.17) is 0 Å². The van der Waals surface area contributed by atoms with Crippen LogP contribution in [0.15, 0.2) is 59.1 Å². The second-order valence-electron chi connectivity index (χ2n) is 9.01. The number of alkyl halides is 12. The molecule has 0 aliphatic rings. The topological polar surface area (TPSA) is 70.2 Å². The molecule has 0 radical (unpaired) electrons. The maximum absolute atomic E-state index is 15.2. The molecule has 0 spiro atoms. The summed E-state index contributed by atoms with van der Waals surface area (Å²) in [5, 5.41) is 6.25. The number of carbonyl (C=O) groups is 2. The lowest BCUT2D eigenvalue weighted by molar-refractivity contribution is -0.348. The normalized spacial score (nSPS) is 13.0. The van der Waals surface area contributed by atoms with E-state index in [2.05, 4.69) is 26.6 Å². The van der Waals surface area contributed by atoms with Crippen molar-refractivity contribution in [3.05, 3.63) is 87.1 Å². The van der Waals surface area contributed by atoms with Gasteiger partial charge in [-0.15, -0.1) is 0 Å². The van der Waals surface area contributed by atoms with Gasteiger partial charge in [0.2, 0.25) is 0 Å². The van der Waals surface area contributed by atoms with Gasteiger partial charge >= 0.3 is 30.1 Å². The third-order valence-electron chi connectivity index (χ3n) is 6.13. The zero-order chi connectivity index (χ0) is 34.3. The molecule has 3 N–H and O–H groups in total. The lowest BCUT2D eigenvalue weighted by atomic mass is 9.90. The van der Waals surface area contributed by atoms with E-state index in [1.165, 1.54) is 29.6 Å². The summed E-state index contributed by atoms with van der Waals surface area (Å²) < 4.78 is 177. The van der Waals surface area contributed by atoms with Crippen LogP contribution in [0.3, 0.4) is 0 Å². The molecule has 0 saturated heterocycles. The minimum Gasteiger partial charge on any atom is -0.388 e. The molecule has 0 aromatic heterocycles. The number of halogens is 14. The predicted octanol–water partition coefficient (Wildman–Crippen LogP) is 9.08. The molecular formula is C26H15BrF13N3O2. The van der Waals surface area contributed by atoms with Crippen LogP contribution in [0.5, 0.6) is 0 Å². The van der Waals surface area contributed by atoms with Crippen molar-refractivity contribution in [2.24, 2.45) is 0 Å². The monoisotopic (exact) mass is 727 g/mol. The van der Waals surface area contributed by atoms with Gasteiger partial charge in [0.1, 0.15) is 0 Å². The Bertz CT molecular complexity index is 1590. The molecule has 0 bridgehead atoms. The molecule has 2 amide bonds. The first-order valence-corrected chi connectivity index (χ1v) is 12.6. The highest BCUT2D eigenvalue weighted by molar-refractivity contribution is 9.10. The van der Waals surface area contributed by atoms with Crippen molar-refractivity contribution in [2.75, 3.05) is 23.0 Å². The lowest BCUT2D eigenvalue weighted by Crippen LogP contribution is -2.50.